The highest BCUT2D eigenvalue weighted by molar-refractivity contribution is 5.97. The summed E-state index contributed by atoms with van der Waals surface area (Å²) < 4.78 is 7.32. The van der Waals surface area contributed by atoms with E-state index in [1.54, 1.807) is 19.5 Å². The predicted molar refractivity (Wildman–Crippen MR) is 104 cm³/mol. The number of fused-ring (bicyclic) bond motifs is 1. The molecule has 0 saturated carbocycles. The molecule has 2 aliphatic rings. The van der Waals surface area contributed by atoms with Gasteiger partial charge in [0, 0.05) is 31.4 Å². The smallest absolute Gasteiger partial charge is 0.257 e. The molecule has 2 amide bonds. The van der Waals surface area contributed by atoms with E-state index in [0.717, 1.165) is 37.9 Å². The number of carbonyl (C=O) groups excluding carboxylic acids is 2. The van der Waals surface area contributed by atoms with Gasteiger partial charge in [-0.1, -0.05) is 0 Å². The molecule has 7 nitrogen and oxygen atoms in total. The van der Waals surface area contributed by atoms with Gasteiger partial charge in [-0.15, -0.1) is 0 Å². The van der Waals surface area contributed by atoms with E-state index in [2.05, 4.69) is 4.98 Å². The van der Waals surface area contributed by atoms with Crippen molar-refractivity contribution in [1.82, 2.24) is 14.5 Å². The van der Waals surface area contributed by atoms with Crippen molar-refractivity contribution >= 4 is 11.8 Å². The Labute approximate surface area is 164 Å². The van der Waals surface area contributed by atoms with E-state index in [0.29, 0.717) is 24.4 Å². The molecule has 0 unspecified atom stereocenters. The summed E-state index contributed by atoms with van der Waals surface area (Å²) >= 11 is 0. The minimum atomic E-state index is -0.379. The summed E-state index contributed by atoms with van der Waals surface area (Å²) in [4.78, 5) is 30.7. The van der Waals surface area contributed by atoms with E-state index in [9.17, 15) is 9.59 Å². The van der Waals surface area contributed by atoms with E-state index in [1.807, 2.05) is 21.6 Å². The van der Waals surface area contributed by atoms with Gasteiger partial charge in [0.25, 0.3) is 5.91 Å². The van der Waals surface area contributed by atoms with Crippen molar-refractivity contribution < 1.29 is 14.3 Å². The lowest BCUT2D eigenvalue weighted by molar-refractivity contribution is -0.118. The average molecular weight is 382 g/mol. The Balaban J connectivity index is 1.47. The van der Waals surface area contributed by atoms with Crippen molar-refractivity contribution in [3.05, 3.63) is 47.0 Å². The fourth-order valence-electron chi connectivity index (χ4n) is 4.43. The Morgan fingerprint density at radius 3 is 2.61 bits per heavy atom. The Kier molecular flexibility index (Phi) is 5.07. The summed E-state index contributed by atoms with van der Waals surface area (Å²) in [5, 5.41) is 0. The molecule has 1 aromatic carbocycles. The summed E-state index contributed by atoms with van der Waals surface area (Å²) in [6, 6.07) is 4.05. The van der Waals surface area contributed by atoms with Crippen LogP contribution in [0.25, 0.3) is 0 Å². The van der Waals surface area contributed by atoms with Crippen molar-refractivity contribution in [2.75, 3.05) is 20.2 Å². The zero-order valence-corrected chi connectivity index (χ0v) is 16.2. The molecular formula is C21H26N4O3. The van der Waals surface area contributed by atoms with Gasteiger partial charge in [-0.3, -0.25) is 9.59 Å². The molecule has 4 rings (SSSR count). The molecule has 1 fully saturated rings. The number of amides is 2. The zero-order chi connectivity index (χ0) is 19.7. The predicted octanol–water partition coefficient (Wildman–Crippen LogP) is 1.89. The second kappa shape index (κ2) is 7.66. The lowest BCUT2D eigenvalue weighted by Gasteiger charge is -2.32. The maximum atomic E-state index is 13.1. The van der Waals surface area contributed by atoms with E-state index in [-0.39, 0.29) is 24.3 Å². The Morgan fingerprint density at radius 1 is 1.21 bits per heavy atom. The molecule has 2 heterocycles. The van der Waals surface area contributed by atoms with Crippen molar-refractivity contribution in [1.29, 1.82) is 0 Å². The number of benzene rings is 1. The van der Waals surface area contributed by atoms with Crippen LogP contribution in [0.4, 0.5) is 0 Å². The molecule has 0 radical (unpaired) electrons. The molecule has 1 aliphatic carbocycles. The molecule has 1 aromatic heterocycles. The number of hydrogen-bond donors (Lipinski definition) is 1. The molecule has 7 heteroatoms. The topological polar surface area (TPSA) is 90.4 Å². The lowest BCUT2D eigenvalue weighted by atomic mass is 9.95. The lowest BCUT2D eigenvalue weighted by Crippen LogP contribution is -2.38. The SMILES string of the molecule is COc1cc2c(cc1C(=O)N1CCC(c3nccn3CC(N)=O)CC1)CCC2. The minimum absolute atomic E-state index is 0.0328. The highest BCUT2D eigenvalue weighted by Gasteiger charge is 2.29. The Hall–Kier alpha value is -2.83. The number of aryl methyl sites for hydroxylation is 2. The minimum Gasteiger partial charge on any atom is -0.496 e. The number of imidazole rings is 1. The van der Waals surface area contributed by atoms with E-state index in [1.165, 1.54) is 11.1 Å². The standard InChI is InChI=1S/C21H26N4O3/c1-28-18-12-16-4-2-3-15(16)11-17(18)21(27)24-8-5-14(6-9-24)20-23-7-10-25(20)13-19(22)26/h7,10-12,14H,2-6,8-9,13H2,1H3,(H2,22,26). The second-order valence-corrected chi connectivity index (χ2v) is 7.62. The molecule has 0 spiro atoms. The number of piperidine rings is 1. The number of carbonyl (C=O) groups is 2. The summed E-state index contributed by atoms with van der Waals surface area (Å²) in [5.74, 6) is 1.42. The maximum Gasteiger partial charge on any atom is 0.257 e. The van der Waals surface area contributed by atoms with Crippen LogP contribution in [0.15, 0.2) is 24.5 Å². The number of primary amides is 1. The van der Waals surface area contributed by atoms with Gasteiger partial charge in [-0.2, -0.15) is 0 Å². The van der Waals surface area contributed by atoms with Crippen molar-refractivity contribution in [3.8, 4) is 5.75 Å². The van der Waals surface area contributed by atoms with Gasteiger partial charge < -0.3 is 19.9 Å². The number of hydrogen-bond acceptors (Lipinski definition) is 4. The van der Waals surface area contributed by atoms with Crippen LogP contribution in [0.3, 0.4) is 0 Å². The van der Waals surface area contributed by atoms with Crippen LogP contribution < -0.4 is 10.5 Å². The fourth-order valence-corrected chi connectivity index (χ4v) is 4.43. The van der Waals surface area contributed by atoms with Gasteiger partial charge in [-0.25, -0.2) is 4.98 Å². The molecule has 0 atom stereocenters. The fraction of sp³-hybridized carbons (Fsp3) is 0.476. The number of ether oxygens (including phenoxy) is 1. The Morgan fingerprint density at radius 2 is 1.93 bits per heavy atom. The van der Waals surface area contributed by atoms with Crippen molar-refractivity contribution in [3.63, 3.8) is 0 Å². The summed E-state index contributed by atoms with van der Waals surface area (Å²) in [6.45, 7) is 1.46. The third kappa shape index (κ3) is 3.48. The number of likely N-dealkylation sites (tertiary alicyclic amines) is 1. The third-order valence-electron chi connectivity index (χ3n) is 5.87. The first-order valence-electron chi connectivity index (χ1n) is 9.85. The third-order valence-corrected chi connectivity index (χ3v) is 5.87. The average Bonchev–Trinajstić information content (AvgIpc) is 3.34. The molecular weight excluding hydrogens is 356 g/mol. The van der Waals surface area contributed by atoms with Crippen molar-refractivity contribution in [2.45, 2.75) is 44.6 Å². The van der Waals surface area contributed by atoms with Crippen LogP contribution in [-0.4, -0.2) is 46.5 Å². The molecule has 0 bridgehead atoms. The van der Waals surface area contributed by atoms with Gasteiger partial charge in [-0.05, 0) is 55.4 Å². The number of methoxy groups -OCH3 is 1. The first-order valence-corrected chi connectivity index (χ1v) is 9.85. The van der Waals surface area contributed by atoms with Gasteiger partial charge >= 0.3 is 0 Å². The quantitative estimate of drug-likeness (QED) is 0.855. The maximum absolute atomic E-state index is 13.1. The van der Waals surface area contributed by atoms with E-state index < -0.39 is 0 Å². The van der Waals surface area contributed by atoms with Crippen LogP contribution in [0.2, 0.25) is 0 Å². The van der Waals surface area contributed by atoms with Gasteiger partial charge in [0.2, 0.25) is 5.91 Å². The molecule has 2 N–H and O–H groups in total. The molecule has 1 aliphatic heterocycles. The van der Waals surface area contributed by atoms with Crippen molar-refractivity contribution in [2.24, 2.45) is 5.73 Å². The van der Waals surface area contributed by atoms with Crippen LogP contribution in [0.5, 0.6) is 5.75 Å². The summed E-state index contributed by atoms with van der Waals surface area (Å²) in [5.41, 5.74) is 8.56. The van der Waals surface area contributed by atoms with Crippen LogP contribution in [0.1, 0.15) is 52.5 Å². The number of rotatable bonds is 5. The van der Waals surface area contributed by atoms with E-state index >= 15 is 0 Å². The van der Waals surface area contributed by atoms with Gasteiger partial charge in [0.1, 0.15) is 18.1 Å². The van der Waals surface area contributed by atoms with Gasteiger partial charge in [0.05, 0.1) is 12.7 Å². The first-order chi connectivity index (χ1) is 13.6. The summed E-state index contributed by atoms with van der Waals surface area (Å²) in [7, 11) is 1.62. The van der Waals surface area contributed by atoms with Gasteiger partial charge in [0.15, 0.2) is 0 Å². The number of aromatic nitrogens is 2. The summed E-state index contributed by atoms with van der Waals surface area (Å²) in [6.07, 6.45) is 8.34. The highest BCUT2D eigenvalue weighted by atomic mass is 16.5. The van der Waals surface area contributed by atoms with Crippen LogP contribution >= 0.6 is 0 Å². The zero-order valence-electron chi connectivity index (χ0n) is 16.2. The normalized spacial score (nSPS) is 16.8. The molecule has 148 valence electrons. The van der Waals surface area contributed by atoms with Crippen LogP contribution in [0, 0.1) is 0 Å². The molecule has 2 aromatic rings. The number of nitrogens with two attached hydrogens (primary N) is 1. The largest absolute Gasteiger partial charge is 0.496 e. The first kappa shape index (κ1) is 18.5. The highest BCUT2D eigenvalue weighted by Crippen LogP contribution is 2.33. The monoisotopic (exact) mass is 382 g/mol. The second-order valence-electron chi connectivity index (χ2n) is 7.62. The van der Waals surface area contributed by atoms with E-state index in [4.69, 9.17) is 10.5 Å². The molecule has 1 saturated heterocycles. The number of nitrogens with zero attached hydrogens (tertiary/aromatic N) is 3. The Bertz CT molecular complexity index is 897. The molecule has 28 heavy (non-hydrogen) atoms. The van der Waals surface area contributed by atoms with Crippen LogP contribution in [-0.2, 0) is 24.2 Å².